The van der Waals surface area contributed by atoms with Gasteiger partial charge in [-0.15, -0.1) is 0 Å². The maximum absolute atomic E-state index is 12.0. The summed E-state index contributed by atoms with van der Waals surface area (Å²) >= 11 is 0. The van der Waals surface area contributed by atoms with Crippen LogP contribution >= 0.6 is 0 Å². The lowest BCUT2D eigenvalue weighted by Crippen LogP contribution is -2.44. The second-order valence-electron chi connectivity index (χ2n) is 5.30. The smallest absolute Gasteiger partial charge is 0.224 e. The molecule has 2 amide bonds. The Balaban J connectivity index is 2.25. The van der Waals surface area contributed by atoms with Gasteiger partial charge in [-0.3, -0.25) is 9.59 Å². The third-order valence-corrected chi connectivity index (χ3v) is 3.70. The van der Waals surface area contributed by atoms with Crippen molar-refractivity contribution in [3.8, 4) is 0 Å². The summed E-state index contributed by atoms with van der Waals surface area (Å²) in [6.07, 6.45) is 1.33. The Kier molecular flexibility index (Phi) is 6.84. The molecule has 0 aromatic carbocycles. The van der Waals surface area contributed by atoms with Gasteiger partial charge in [0.2, 0.25) is 11.8 Å². The van der Waals surface area contributed by atoms with Crippen molar-refractivity contribution in [3.63, 3.8) is 0 Å². The van der Waals surface area contributed by atoms with Crippen LogP contribution in [0.15, 0.2) is 0 Å². The Morgan fingerprint density at radius 2 is 1.95 bits per heavy atom. The van der Waals surface area contributed by atoms with Crippen molar-refractivity contribution in [2.45, 2.75) is 33.6 Å². The van der Waals surface area contributed by atoms with Crippen LogP contribution in [0.5, 0.6) is 0 Å². The van der Waals surface area contributed by atoms with E-state index < -0.39 is 0 Å². The number of rotatable bonds is 6. The van der Waals surface area contributed by atoms with Crippen LogP contribution in [0, 0.1) is 11.8 Å². The summed E-state index contributed by atoms with van der Waals surface area (Å²) in [5, 5.41) is 6.15. The Morgan fingerprint density at radius 1 is 1.26 bits per heavy atom. The first-order chi connectivity index (χ1) is 9.08. The molecule has 0 saturated carbocycles. The van der Waals surface area contributed by atoms with Crippen molar-refractivity contribution in [1.29, 1.82) is 0 Å². The predicted molar refractivity (Wildman–Crippen MR) is 75.7 cm³/mol. The van der Waals surface area contributed by atoms with Crippen molar-refractivity contribution in [2.75, 3.05) is 32.7 Å². The molecule has 0 radical (unpaired) electrons. The van der Waals surface area contributed by atoms with E-state index in [4.69, 9.17) is 0 Å². The maximum Gasteiger partial charge on any atom is 0.224 e. The van der Waals surface area contributed by atoms with Crippen LogP contribution in [-0.4, -0.2) is 49.4 Å². The van der Waals surface area contributed by atoms with E-state index in [1.165, 1.54) is 0 Å². The summed E-state index contributed by atoms with van der Waals surface area (Å²) in [6, 6.07) is 0. The number of nitrogens with zero attached hydrogens (tertiary/aromatic N) is 1. The number of piperidine rings is 1. The molecule has 1 aliphatic heterocycles. The monoisotopic (exact) mass is 269 g/mol. The van der Waals surface area contributed by atoms with Crippen LogP contribution in [0.25, 0.3) is 0 Å². The average molecular weight is 269 g/mol. The highest BCUT2D eigenvalue weighted by atomic mass is 16.2. The largest absolute Gasteiger partial charge is 0.355 e. The standard InChI is InChI=1S/C14H27N3O2/c1-4-17(5-2)13(18)6-7-16-14(19)12-8-11(3)9-15-10-12/h11-12,15H,4-10H2,1-3H3,(H,16,19). The van der Waals surface area contributed by atoms with Gasteiger partial charge in [0.25, 0.3) is 0 Å². The minimum absolute atomic E-state index is 0.0484. The molecule has 2 N–H and O–H groups in total. The molecule has 0 bridgehead atoms. The van der Waals surface area contributed by atoms with E-state index in [1.54, 1.807) is 4.90 Å². The minimum Gasteiger partial charge on any atom is -0.355 e. The molecule has 0 aromatic rings. The fraction of sp³-hybridized carbons (Fsp3) is 0.857. The van der Waals surface area contributed by atoms with Gasteiger partial charge in [0, 0.05) is 32.6 Å². The van der Waals surface area contributed by atoms with Gasteiger partial charge in [-0.2, -0.15) is 0 Å². The number of carbonyl (C=O) groups excluding carboxylic acids is 2. The Labute approximate surface area is 116 Å². The first-order valence-electron chi connectivity index (χ1n) is 7.34. The zero-order chi connectivity index (χ0) is 14.3. The number of hydrogen-bond donors (Lipinski definition) is 2. The zero-order valence-electron chi connectivity index (χ0n) is 12.4. The van der Waals surface area contributed by atoms with E-state index in [0.29, 0.717) is 18.9 Å². The first kappa shape index (κ1) is 16.0. The maximum atomic E-state index is 12.0. The van der Waals surface area contributed by atoms with E-state index >= 15 is 0 Å². The van der Waals surface area contributed by atoms with Crippen LogP contribution in [-0.2, 0) is 9.59 Å². The van der Waals surface area contributed by atoms with Crippen molar-refractivity contribution in [1.82, 2.24) is 15.5 Å². The van der Waals surface area contributed by atoms with Gasteiger partial charge >= 0.3 is 0 Å². The fourth-order valence-corrected chi connectivity index (χ4v) is 2.53. The second-order valence-corrected chi connectivity index (χ2v) is 5.30. The van der Waals surface area contributed by atoms with Gasteiger partial charge in [-0.1, -0.05) is 6.92 Å². The van der Waals surface area contributed by atoms with Gasteiger partial charge in [0.1, 0.15) is 0 Å². The highest BCUT2D eigenvalue weighted by molar-refractivity contribution is 5.80. The van der Waals surface area contributed by atoms with E-state index in [-0.39, 0.29) is 17.7 Å². The van der Waals surface area contributed by atoms with E-state index in [2.05, 4.69) is 17.6 Å². The van der Waals surface area contributed by atoms with Crippen molar-refractivity contribution in [3.05, 3.63) is 0 Å². The van der Waals surface area contributed by atoms with Gasteiger partial charge in [0.05, 0.1) is 5.92 Å². The van der Waals surface area contributed by atoms with Crippen molar-refractivity contribution < 1.29 is 9.59 Å². The van der Waals surface area contributed by atoms with E-state index in [0.717, 1.165) is 32.6 Å². The molecule has 1 aliphatic rings. The predicted octanol–water partition coefficient (Wildman–Crippen LogP) is 0.607. The third-order valence-electron chi connectivity index (χ3n) is 3.70. The quantitative estimate of drug-likeness (QED) is 0.742. The molecule has 1 heterocycles. The normalized spacial score (nSPS) is 22.9. The number of nitrogens with one attached hydrogen (secondary N) is 2. The molecule has 2 unspecified atom stereocenters. The fourth-order valence-electron chi connectivity index (χ4n) is 2.53. The molecule has 5 nitrogen and oxygen atoms in total. The summed E-state index contributed by atoms with van der Waals surface area (Å²) in [6.45, 7) is 9.73. The molecule has 19 heavy (non-hydrogen) atoms. The number of hydrogen-bond acceptors (Lipinski definition) is 3. The highest BCUT2D eigenvalue weighted by Gasteiger charge is 2.24. The van der Waals surface area contributed by atoms with Gasteiger partial charge in [-0.05, 0) is 32.7 Å². The molecule has 110 valence electrons. The first-order valence-corrected chi connectivity index (χ1v) is 7.34. The lowest BCUT2D eigenvalue weighted by atomic mass is 9.91. The van der Waals surface area contributed by atoms with E-state index in [9.17, 15) is 9.59 Å². The SMILES string of the molecule is CCN(CC)C(=O)CCNC(=O)C1CNCC(C)C1. The molecule has 0 aliphatic carbocycles. The Bertz CT molecular complexity index is 303. The summed E-state index contributed by atoms with van der Waals surface area (Å²) in [7, 11) is 0. The zero-order valence-corrected chi connectivity index (χ0v) is 12.4. The van der Waals surface area contributed by atoms with Crippen LogP contribution in [0.3, 0.4) is 0 Å². The summed E-state index contributed by atoms with van der Waals surface area (Å²) in [5.74, 6) is 0.779. The molecule has 5 heteroatoms. The van der Waals surface area contributed by atoms with Gasteiger partial charge < -0.3 is 15.5 Å². The van der Waals surface area contributed by atoms with Crippen LogP contribution in [0.1, 0.15) is 33.6 Å². The second kappa shape index (κ2) is 8.15. The molecule has 1 rings (SSSR count). The van der Waals surface area contributed by atoms with Gasteiger partial charge in [-0.25, -0.2) is 0 Å². The lowest BCUT2D eigenvalue weighted by molar-refractivity contribution is -0.131. The molecular weight excluding hydrogens is 242 g/mol. The average Bonchev–Trinajstić information content (AvgIpc) is 2.40. The van der Waals surface area contributed by atoms with Gasteiger partial charge in [0.15, 0.2) is 0 Å². The molecule has 2 atom stereocenters. The van der Waals surface area contributed by atoms with Crippen LogP contribution < -0.4 is 10.6 Å². The Morgan fingerprint density at radius 3 is 2.53 bits per heavy atom. The highest BCUT2D eigenvalue weighted by Crippen LogP contribution is 2.15. The van der Waals surface area contributed by atoms with Crippen LogP contribution in [0.2, 0.25) is 0 Å². The third kappa shape index (κ3) is 5.19. The number of amides is 2. The lowest BCUT2D eigenvalue weighted by Gasteiger charge is -2.27. The molecule has 1 fully saturated rings. The van der Waals surface area contributed by atoms with Crippen LogP contribution in [0.4, 0.5) is 0 Å². The topological polar surface area (TPSA) is 61.4 Å². The summed E-state index contributed by atoms with van der Waals surface area (Å²) < 4.78 is 0. The van der Waals surface area contributed by atoms with Crippen molar-refractivity contribution in [2.24, 2.45) is 11.8 Å². The summed E-state index contributed by atoms with van der Waals surface area (Å²) in [4.78, 5) is 25.5. The minimum atomic E-state index is 0.0484. The molecule has 1 saturated heterocycles. The molecule has 0 spiro atoms. The van der Waals surface area contributed by atoms with Crippen molar-refractivity contribution >= 4 is 11.8 Å². The van der Waals surface area contributed by atoms with E-state index in [1.807, 2.05) is 13.8 Å². The molecular formula is C14H27N3O2. The molecule has 0 aromatic heterocycles. The number of carbonyl (C=O) groups is 2. The Hall–Kier alpha value is -1.10. The summed E-state index contributed by atoms with van der Waals surface area (Å²) in [5.41, 5.74) is 0.